The number of benzene rings is 1. The van der Waals surface area contributed by atoms with Gasteiger partial charge in [0.25, 0.3) is 0 Å². The number of hydrogen-bond donors (Lipinski definition) is 2. The van der Waals surface area contributed by atoms with E-state index in [-0.39, 0.29) is 6.61 Å². The lowest BCUT2D eigenvalue weighted by Crippen LogP contribution is -2.31. The molecule has 0 saturated heterocycles. The third-order valence-electron chi connectivity index (χ3n) is 3.08. The lowest BCUT2D eigenvalue weighted by atomic mass is 9.95. The van der Waals surface area contributed by atoms with Gasteiger partial charge in [-0.15, -0.1) is 0 Å². The average Bonchev–Trinajstić information content (AvgIpc) is 2.44. The standard InChI is InChI=1S/C16H25NO4/c1-5-17-10-12-8-7-9-13(20-6-2)14(12)21-11-16(3,4)15(18)19/h7-9,17H,5-6,10-11H2,1-4H3,(H,18,19). The van der Waals surface area contributed by atoms with Gasteiger partial charge in [-0.2, -0.15) is 0 Å². The molecule has 0 amide bonds. The molecule has 0 atom stereocenters. The van der Waals surface area contributed by atoms with Crippen molar-refractivity contribution in [2.75, 3.05) is 19.8 Å². The van der Waals surface area contributed by atoms with Crippen LogP contribution in [0, 0.1) is 5.41 Å². The largest absolute Gasteiger partial charge is 0.490 e. The number of carbonyl (C=O) groups is 1. The minimum absolute atomic E-state index is 0.0888. The Labute approximate surface area is 126 Å². The van der Waals surface area contributed by atoms with Gasteiger partial charge >= 0.3 is 5.97 Å². The molecule has 0 spiro atoms. The molecule has 0 heterocycles. The second-order valence-electron chi connectivity index (χ2n) is 5.44. The zero-order chi connectivity index (χ0) is 15.9. The summed E-state index contributed by atoms with van der Waals surface area (Å²) < 4.78 is 11.4. The summed E-state index contributed by atoms with van der Waals surface area (Å²) >= 11 is 0. The summed E-state index contributed by atoms with van der Waals surface area (Å²) in [5, 5.41) is 12.4. The first kappa shape index (κ1) is 17.3. The summed E-state index contributed by atoms with van der Waals surface area (Å²) in [5.74, 6) is 0.383. The lowest BCUT2D eigenvalue weighted by molar-refractivity contribution is -0.148. The number of hydrogen-bond acceptors (Lipinski definition) is 4. The molecule has 5 heteroatoms. The quantitative estimate of drug-likeness (QED) is 0.733. The van der Waals surface area contributed by atoms with Crippen molar-refractivity contribution in [1.29, 1.82) is 0 Å². The van der Waals surface area contributed by atoms with Crippen molar-refractivity contribution in [2.45, 2.75) is 34.2 Å². The van der Waals surface area contributed by atoms with Crippen molar-refractivity contribution < 1.29 is 19.4 Å². The van der Waals surface area contributed by atoms with Crippen LogP contribution < -0.4 is 14.8 Å². The van der Waals surface area contributed by atoms with Crippen LogP contribution in [0.4, 0.5) is 0 Å². The summed E-state index contributed by atoms with van der Waals surface area (Å²) in [4.78, 5) is 11.2. The van der Waals surface area contributed by atoms with Crippen LogP contribution in [0.25, 0.3) is 0 Å². The third kappa shape index (κ3) is 4.93. The van der Waals surface area contributed by atoms with Gasteiger partial charge in [0.05, 0.1) is 12.0 Å². The molecule has 0 aliphatic carbocycles. The molecule has 0 aliphatic heterocycles. The van der Waals surface area contributed by atoms with Crippen LogP contribution in [0.5, 0.6) is 11.5 Å². The molecule has 0 bridgehead atoms. The molecule has 5 nitrogen and oxygen atoms in total. The zero-order valence-electron chi connectivity index (χ0n) is 13.2. The number of para-hydroxylation sites is 1. The molecule has 0 aromatic heterocycles. The number of carboxylic acid groups (broad SMARTS) is 1. The molecule has 21 heavy (non-hydrogen) atoms. The maximum atomic E-state index is 11.2. The molecule has 118 valence electrons. The van der Waals surface area contributed by atoms with Gasteiger partial charge in [-0.05, 0) is 33.4 Å². The van der Waals surface area contributed by atoms with Crippen LogP contribution in [0.3, 0.4) is 0 Å². The maximum absolute atomic E-state index is 11.2. The van der Waals surface area contributed by atoms with Gasteiger partial charge in [0, 0.05) is 12.1 Å². The van der Waals surface area contributed by atoms with Gasteiger partial charge in [0.1, 0.15) is 6.61 Å². The molecule has 2 N–H and O–H groups in total. The topological polar surface area (TPSA) is 67.8 Å². The van der Waals surface area contributed by atoms with E-state index in [0.29, 0.717) is 24.7 Å². The molecule has 0 unspecified atom stereocenters. The van der Waals surface area contributed by atoms with Gasteiger partial charge in [-0.25, -0.2) is 0 Å². The lowest BCUT2D eigenvalue weighted by Gasteiger charge is -2.22. The predicted octanol–water partition coefficient (Wildman–Crippen LogP) is 2.68. The second kappa shape index (κ2) is 7.88. The molecule has 0 aliphatic rings. The normalized spacial score (nSPS) is 11.2. The van der Waals surface area contributed by atoms with Crippen molar-refractivity contribution in [3.05, 3.63) is 23.8 Å². The van der Waals surface area contributed by atoms with Crippen molar-refractivity contribution in [3.8, 4) is 11.5 Å². The van der Waals surface area contributed by atoms with Crippen molar-refractivity contribution in [2.24, 2.45) is 5.41 Å². The Bertz CT molecular complexity index is 471. The van der Waals surface area contributed by atoms with Gasteiger partial charge in [-0.3, -0.25) is 4.79 Å². The monoisotopic (exact) mass is 295 g/mol. The predicted molar refractivity (Wildman–Crippen MR) is 81.9 cm³/mol. The number of carboxylic acids is 1. The first-order valence-electron chi connectivity index (χ1n) is 7.24. The molecule has 1 aromatic carbocycles. The summed E-state index contributed by atoms with van der Waals surface area (Å²) in [7, 11) is 0. The van der Waals surface area contributed by atoms with Gasteiger partial charge in [0.2, 0.25) is 0 Å². The van der Waals surface area contributed by atoms with Gasteiger partial charge < -0.3 is 19.9 Å². The van der Waals surface area contributed by atoms with E-state index in [1.54, 1.807) is 13.8 Å². The van der Waals surface area contributed by atoms with Crippen molar-refractivity contribution in [3.63, 3.8) is 0 Å². The molecule has 0 radical (unpaired) electrons. The summed E-state index contributed by atoms with van der Waals surface area (Å²) in [5.41, 5.74) is 0.0124. The number of nitrogens with one attached hydrogen (secondary N) is 1. The highest BCUT2D eigenvalue weighted by molar-refractivity contribution is 5.73. The first-order valence-corrected chi connectivity index (χ1v) is 7.24. The number of aliphatic carboxylic acids is 1. The second-order valence-corrected chi connectivity index (χ2v) is 5.44. The van der Waals surface area contributed by atoms with Crippen LogP contribution >= 0.6 is 0 Å². The molecule has 1 rings (SSSR count). The Balaban J connectivity index is 2.97. The Morgan fingerprint density at radius 2 is 2.00 bits per heavy atom. The van der Waals surface area contributed by atoms with E-state index in [1.807, 2.05) is 32.0 Å². The van der Waals surface area contributed by atoms with Crippen LogP contribution in [-0.4, -0.2) is 30.8 Å². The minimum atomic E-state index is -0.950. The van der Waals surface area contributed by atoms with Crippen molar-refractivity contribution in [1.82, 2.24) is 5.32 Å². The van der Waals surface area contributed by atoms with Gasteiger partial charge in [-0.1, -0.05) is 19.1 Å². The maximum Gasteiger partial charge on any atom is 0.312 e. The van der Waals surface area contributed by atoms with E-state index >= 15 is 0 Å². The minimum Gasteiger partial charge on any atom is -0.490 e. The van der Waals surface area contributed by atoms with E-state index in [4.69, 9.17) is 9.47 Å². The van der Waals surface area contributed by atoms with Crippen LogP contribution in [0.2, 0.25) is 0 Å². The van der Waals surface area contributed by atoms with Crippen LogP contribution in [0.1, 0.15) is 33.3 Å². The number of ether oxygens (including phenoxy) is 2. The highest BCUT2D eigenvalue weighted by atomic mass is 16.5. The summed E-state index contributed by atoms with van der Waals surface area (Å²) in [6.45, 7) is 9.33. The zero-order valence-corrected chi connectivity index (χ0v) is 13.2. The van der Waals surface area contributed by atoms with Crippen molar-refractivity contribution >= 4 is 5.97 Å². The Morgan fingerprint density at radius 3 is 2.57 bits per heavy atom. The molecule has 0 saturated carbocycles. The van der Waals surface area contributed by atoms with Gasteiger partial charge in [0.15, 0.2) is 11.5 Å². The Hall–Kier alpha value is -1.75. The van der Waals surface area contributed by atoms with E-state index in [1.165, 1.54) is 0 Å². The first-order chi connectivity index (χ1) is 9.92. The van der Waals surface area contributed by atoms with E-state index in [2.05, 4.69) is 5.32 Å². The molecule has 1 aromatic rings. The highest BCUT2D eigenvalue weighted by Gasteiger charge is 2.29. The Kier molecular flexibility index (Phi) is 6.49. The third-order valence-corrected chi connectivity index (χ3v) is 3.08. The summed E-state index contributed by atoms with van der Waals surface area (Å²) in [6, 6.07) is 5.70. The number of rotatable bonds is 9. The fourth-order valence-corrected chi connectivity index (χ4v) is 1.71. The van der Waals surface area contributed by atoms with Crippen LogP contribution in [0.15, 0.2) is 18.2 Å². The fourth-order valence-electron chi connectivity index (χ4n) is 1.71. The molecular formula is C16H25NO4. The highest BCUT2D eigenvalue weighted by Crippen LogP contribution is 2.33. The average molecular weight is 295 g/mol. The smallest absolute Gasteiger partial charge is 0.312 e. The molecule has 0 fully saturated rings. The van der Waals surface area contributed by atoms with E-state index in [9.17, 15) is 9.90 Å². The Morgan fingerprint density at radius 1 is 1.29 bits per heavy atom. The summed E-state index contributed by atoms with van der Waals surface area (Å²) in [6.07, 6.45) is 0. The molecular weight excluding hydrogens is 270 g/mol. The fraction of sp³-hybridized carbons (Fsp3) is 0.562. The SMILES string of the molecule is CCNCc1cccc(OCC)c1OCC(C)(C)C(=O)O. The van der Waals surface area contributed by atoms with E-state index in [0.717, 1.165) is 12.1 Å². The van der Waals surface area contributed by atoms with E-state index < -0.39 is 11.4 Å². The van der Waals surface area contributed by atoms with Crippen LogP contribution in [-0.2, 0) is 11.3 Å².